The Bertz CT molecular complexity index is 284. The molecule has 1 aliphatic heterocycles. The van der Waals surface area contributed by atoms with E-state index in [2.05, 4.69) is 30.1 Å². The minimum atomic E-state index is 0.614. The number of hydrogen-bond acceptors (Lipinski definition) is 3. The molecule has 84 valence electrons. The van der Waals surface area contributed by atoms with E-state index in [1.165, 1.54) is 12.0 Å². The summed E-state index contributed by atoms with van der Waals surface area (Å²) in [5, 5.41) is 3.56. The molecule has 0 aromatic carbocycles. The van der Waals surface area contributed by atoms with Crippen LogP contribution in [0.2, 0.25) is 0 Å². The van der Waals surface area contributed by atoms with Gasteiger partial charge in [-0.15, -0.1) is 0 Å². The second kappa shape index (κ2) is 4.81. The molecule has 1 aromatic heterocycles. The van der Waals surface area contributed by atoms with Crippen LogP contribution in [0.1, 0.15) is 25.8 Å². The lowest BCUT2D eigenvalue weighted by molar-refractivity contribution is 0.131. The van der Waals surface area contributed by atoms with Crippen molar-refractivity contribution < 1.29 is 4.42 Å². The molecule has 1 aromatic rings. The number of hydrogen-bond donors (Lipinski definition) is 1. The predicted molar refractivity (Wildman–Crippen MR) is 60.7 cm³/mol. The standard InChI is InChI=1S/C12H20N2O/c1-3-12-8-14(10(2)6-13-12)7-11-4-5-15-9-11/h4-5,9-10,12-13H,3,6-8H2,1-2H3. The molecule has 3 nitrogen and oxygen atoms in total. The third kappa shape index (κ3) is 2.61. The van der Waals surface area contributed by atoms with E-state index in [0.717, 1.165) is 19.6 Å². The number of furan rings is 1. The summed E-state index contributed by atoms with van der Waals surface area (Å²) >= 11 is 0. The Morgan fingerprint density at radius 2 is 2.47 bits per heavy atom. The van der Waals surface area contributed by atoms with Crippen LogP contribution in [0.15, 0.2) is 23.0 Å². The fourth-order valence-corrected chi connectivity index (χ4v) is 2.10. The van der Waals surface area contributed by atoms with Gasteiger partial charge in [-0.1, -0.05) is 6.92 Å². The van der Waals surface area contributed by atoms with Crippen molar-refractivity contribution in [3.8, 4) is 0 Å². The first-order valence-electron chi connectivity index (χ1n) is 5.78. The summed E-state index contributed by atoms with van der Waals surface area (Å²) in [6.45, 7) is 7.76. The third-order valence-corrected chi connectivity index (χ3v) is 3.24. The summed E-state index contributed by atoms with van der Waals surface area (Å²) in [6, 6.07) is 3.31. The highest BCUT2D eigenvalue weighted by Gasteiger charge is 2.23. The van der Waals surface area contributed by atoms with Crippen LogP contribution in [0.25, 0.3) is 0 Å². The van der Waals surface area contributed by atoms with Gasteiger partial charge in [-0.25, -0.2) is 0 Å². The van der Waals surface area contributed by atoms with Crippen molar-refractivity contribution in [1.29, 1.82) is 0 Å². The number of piperazine rings is 1. The van der Waals surface area contributed by atoms with Gasteiger partial charge in [0.05, 0.1) is 12.5 Å². The van der Waals surface area contributed by atoms with E-state index in [4.69, 9.17) is 4.42 Å². The maximum absolute atomic E-state index is 5.10. The molecule has 1 fully saturated rings. The molecule has 0 aliphatic carbocycles. The zero-order chi connectivity index (χ0) is 10.7. The summed E-state index contributed by atoms with van der Waals surface area (Å²) in [5.74, 6) is 0. The highest BCUT2D eigenvalue weighted by Crippen LogP contribution is 2.13. The molecular formula is C12H20N2O. The van der Waals surface area contributed by atoms with E-state index in [9.17, 15) is 0 Å². The van der Waals surface area contributed by atoms with Crippen molar-refractivity contribution in [3.63, 3.8) is 0 Å². The molecule has 0 saturated carbocycles. The molecule has 15 heavy (non-hydrogen) atoms. The van der Waals surface area contributed by atoms with Crippen LogP contribution in [0.5, 0.6) is 0 Å². The Kier molecular flexibility index (Phi) is 3.44. The lowest BCUT2D eigenvalue weighted by Crippen LogP contribution is -2.54. The minimum absolute atomic E-state index is 0.614. The first kappa shape index (κ1) is 10.7. The van der Waals surface area contributed by atoms with Gasteiger partial charge >= 0.3 is 0 Å². The van der Waals surface area contributed by atoms with E-state index in [1.807, 2.05) is 6.26 Å². The summed E-state index contributed by atoms with van der Waals surface area (Å²) in [4.78, 5) is 2.52. The van der Waals surface area contributed by atoms with Crippen molar-refractivity contribution in [2.45, 2.75) is 38.9 Å². The lowest BCUT2D eigenvalue weighted by Gasteiger charge is -2.38. The topological polar surface area (TPSA) is 28.4 Å². The monoisotopic (exact) mass is 208 g/mol. The van der Waals surface area contributed by atoms with E-state index >= 15 is 0 Å². The average molecular weight is 208 g/mol. The van der Waals surface area contributed by atoms with Gasteiger partial charge in [0.1, 0.15) is 0 Å². The Morgan fingerprint density at radius 3 is 3.13 bits per heavy atom. The van der Waals surface area contributed by atoms with Crippen LogP contribution < -0.4 is 5.32 Å². The van der Waals surface area contributed by atoms with Crippen molar-refractivity contribution in [1.82, 2.24) is 10.2 Å². The zero-order valence-electron chi connectivity index (χ0n) is 9.57. The Hall–Kier alpha value is -0.800. The van der Waals surface area contributed by atoms with Crippen molar-refractivity contribution >= 4 is 0 Å². The molecule has 2 unspecified atom stereocenters. The van der Waals surface area contributed by atoms with Crippen molar-refractivity contribution in [2.75, 3.05) is 13.1 Å². The van der Waals surface area contributed by atoms with Crippen LogP contribution in [0.3, 0.4) is 0 Å². The quantitative estimate of drug-likeness (QED) is 0.821. The SMILES string of the molecule is CCC1CN(Cc2ccoc2)C(C)CN1. The zero-order valence-corrected chi connectivity index (χ0v) is 9.57. The normalized spacial score (nSPS) is 28.1. The molecular weight excluding hydrogens is 188 g/mol. The first-order chi connectivity index (χ1) is 7.29. The highest BCUT2D eigenvalue weighted by molar-refractivity contribution is 5.05. The maximum atomic E-state index is 5.10. The summed E-state index contributed by atoms with van der Waals surface area (Å²) in [5.41, 5.74) is 1.28. The fraction of sp³-hybridized carbons (Fsp3) is 0.667. The predicted octanol–water partition coefficient (Wildman–Crippen LogP) is 1.85. The summed E-state index contributed by atoms with van der Waals surface area (Å²) in [7, 11) is 0. The van der Waals surface area contributed by atoms with Crippen LogP contribution in [0.4, 0.5) is 0 Å². The van der Waals surface area contributed by atoms with Crippen molar-refractivity contribution in [2.24, 2.45) is 0 Å². The van der Waals surface area contributed by atoms with Crippen molar-refractivity contribution in [3.05, 3.63) is 24.2 Å². The molecule has 2 rings (SSSR count). The second-order valence-electron chi connectivity index (χ2n) is 4.42. The average Bonchev–Trinajstić information content (AvgIpc) is 2.74. The second-order valence-corrected chi connectivity index (χ2v) is 4.42. The van der Waals surface area contributed by atoms with Gasteiger partial charge in [0.25, 0.3) is 0 Å². The summed E-state index contributed by atoms with van der Waals surface area (Å²) in [6.07, 6.45) is 4.80. The third-order valence-electron chi connectivity index (χ3n) is 3.24. The molecule has 0 amide bonds. The van der Waals surface area contributed by atoms with Gasteiger partial charge < -0.3 is 9.73 Å². The maximum Gasteiger partial charge on any atom is 0.0947 e. The largest absolute Gasteiger partial charge is 0.472 e. The molecule has 2 atom stereocenters. The fourth-order valence-electron chi connectivity index (χ4n) is 2.10. The molecule has 1 saturated heterocycles. The van der Waals surface area contributed by atoms with Crippen LogP contribution in [0, 0.1) is 0 Å². The highest BCUT2D eigenvalue weighted by atomic mass is 16.3. The van der Waals surface area contributed by atoms with E-state index in [1.54, 1.807) is 6.26 Å². The van der Waals surface area contributed by atoms with Gasteiger partial charge in [-0.3, -0.25) is 4.90 Å². The molecule has 1 N–H and O–H groups in total. The van der Waals surface area contributed by atoms with Gasteiger partial charge in [0, 0.05) is 37.3 Å². The molecule has 0 bridgehead atoms. The minimum Gasteiger partial charge on any atom is -0.472 e. The molecule has 2 heterocycles. The lowest BCUT2D eigenvalue weighted by atomic mass is 10.1. The molecule has 0 spiro atoms. The van der Waals surface area contributed by atoms with E-state index in [-0.39, 0.29) is 0 Å². The first-order valence-corrected chi connectivity index (χ1v) is 5.78. The Balaban J connectivity index is 1.94. The Morgan fingerprint density at radius 1 is 1.60 bits per heavy atom. The summed E-state index contributed by atoms with van der Waals surface area (Å²) < 4.78 is 5.10. The number of nitrogens with one attached hydrogen (secondary N) is 1. The Labute approximate surface area is 91.4 Å². The number of rotatable bonds is 3. The van der Waals surface area contributed by atoms with E-state index < -0.39 is 0 Å². The smallest absolute Gasteiger partial charge is 0.0947 e. The van der Waals surface area contributed by atoms with Gasteiger partial charge in [-0.2, -0.15) is 0 Å². The molecule has 3 heteroatoms. The van der Waals surface area contributed by atoms with Gasteiger partial charge in [0.2, 0.25) is 0 Å². The van der Waals surface area contributed by atoms with Crippen LogP contribution >= 0.6 is 0 Å². The number of nitrogens with zero attached hydrogens (tertiary/aromatic N) is 1. The van der Waals surface area contributed by atoms with Crippen LogP contribution in [-0.2, 0) is 6.54 Å². The molecule has 0 radical (unpaired) electrons. The van der Waals surface area contributed by atoms with Crippen LogP contribution in [-0.4, -0.2) is 30.1 Å². The van der Waals surface area contributed by atoms with E-state index in [0.29, 0.717) is 12.1 Å². The van der Waals surface area contributed by atoms with Gasteiger partial charge in [-0.05, 0) is 19.4 Å². The molecule has 1 aliphatic rings. The van der Waals surface area contributed by atoms with Gasteiger partial charge in [0.15, 0.2) is 0 Å².